The van der Waals surface area contributed by atoms with Crippen molar-refractivity contribution in [1.82, 2.24) is 0 Å². The SMILES string of the molecule is C1CCC(OC2CCCCC2)CC1.[Li]. The van der Waals surface area contributed by atoms with Gasteiger partial charge in [-0.25, -0.2) is 0 Å². The fourth-order valence-corrected chi connectivity index (χ4v) is 2.67. The van der Waals surface area contributed by atoms with Gasteiger partial charge in [0.1, 0.15) is 0 Å². The van der Waals surface area contributed by atoms with Gasteiger partial charge >= 0.3 is 0 Å². The van der Waals surface area contributed by atoms with Crippen LogP contribution in [0.1, 0.15) is 64.2 Å². The van der Waals surface area contributed by atoms with Crippen LogP contribution in [0.15, 0.2) is 0 Å². The summed E-state index contributed by atoms with van der Waals surface area (Å²) in [5.41, 5.74) is 0. The van der Waals surface area contributed by atoms with Gasteiger partial charge in [0, 0.05) is 18.9 Å². The van der Waals surface area contributed by atoms with Gasteiger partial charge in [0.05, 0.1) is 12.2 Å². The van der Waals surface area contributed by atoms with Crippen LogP contribution in [0.3, 0.4) is 0 Å². The Balaban J connectivity index is 0.000000980. The van der Waals surface area contributed by atoms with Gasteiger partial charge in [-0.1, -0.05) is 38.5 Å². The molecule has 2 heteroatoms. The summed E-state index contributed by atoms with van der Waals surface area (Å²) in [6, 6.07) is 0. The first-order valence-corrected chi connectivity index (χ1v) is 6.10. The van der Waals surface area contributed by atoms with Crippen LogP contribution in [0.25, 0.3) is 0 Å². The molecule has 0 aromatic rings. The molecule has 0 N–H and O–H groups in total. The van der Waals surface area contributed by atoms with Gasteiger partial charge in [-0.05, 0) is 25.7 Å². The van der Waals surface area contributed by atoms with Crippen LogP contribution in [-0.4, -0.2) is 31.1 Å². The normalized spacial score (nSPS) is 25.7. The molecule has 0 aromatic carbocycles. The molecule has 77 valence electrons. The largest absolute Gasteiger partial charge is 0.375 e. The summed E-state index contributed by atoms with van der Waals surface area (Å²) in [5, 5.41) is 0. The van der Waals surface area contributed by atoms with Gasteiger partial charge in [-0.3, -0.25) is 0 Å². The number of rotatable bonds is 2. The van der Waals surface area contributed by atoms with Crippen molar-refractivity contribution >= 4 is 18.9 Å². The zero-order valence-corrected chi connectivity index (χ0v) is 9.63. The number of hydrogen-bond acceptors (Lipinski definition) is 1. The zero-order chi connectivity index (χ0) is 8.93. The van der Waals surface area contributed by atoms with E-state index in [1.165, 1.54) is 64.2 Å². The van der Waals surface area contributed by atoms with E-state index in [0.717, 1.165) is 0 Å². The molecule has 0 aliphatic heterocycles. The average molecular weight is 189 g/mol. The molecule has 2 aliphatic rings. The smallest absolute Gasteiger partial charge is 0.0578 e. The van der Waals surface area contributed by atoms with E-state index in [2.05, 4.69) is 0 Å². The zero-order valence-electron chi connectivity index (χ0n) is 9.63. The van der Waals surface area contributed by atoms with Crippen LogP contribution >= 0.6 is 0 Å². The second-order valence-corrected chi connectivity index (χ2v) is 4.66. The third-order valence-corrected chi connectivity index (χ3v) is 3.49. The van der Waals surface area contributed by atoms with Crippen LogP contribution in [0, 0.1) is 0 Å². The van der Waals surface area contributed by atoms with Crippen LogP contribution in [-0.2, 0) is 4.74 Å². The van der Waals surface area contributed by atoms with Gasteiger partial charge < -0.3 is 4.74 Å². The molecule has 0 heterocycles. The van der Waals surface area contributed by atoms with E-state index in [0.29, 0.717) is 12.2 Å². The summed E-state index contributed by atoms with van der Waals surface area (Å²) in [6.07, 6.45) is 15.0. The van der Waals surface area contributed by atoms with Gasteiger partial charge in [-0.15, -0.1) is 0 Å². The standard InChI is InChI=1S/C12H22O.Li/c1-3-7-11(8-4-1)13-12-9-5-2-6-10-12;/h11-12H,1-10H2;. The van der Waals surface area contributed by atoms with Crippen molar-refractivity contribution in [2.45, 2.75) is 76.4 Å². The Morgan fingerprint density at radius 1 is 0.571 bits per heavy atom. The van der Waals surface area contributed by atoms with Crippen molar-refractivity contribution in [3.63, 3.8) is 0 Å². The molecule has 0 unspecified atom stereocenters. The summed E-state index contributed by atoms with van der Waals surface area (Å²) >= 11 is 0. The summed E-state index contributed by atoms with van der Waals surface area (Å²) < 4.78 is 6.13. The van der Waals surface area contributed by atoms with E-state index in [1.807, 2.05) is 0 Å². The summed E-state index contributed by atoms with van der Waals surface area (Å²) in [5.74, 6) is 0. The van der Waals surface area contributed by atoms with E-state index >= 15 is 0 Å². The maximum Gasteiger partial charge on any atom is 0.0578 e. The van der Waals surface area contributed by atoms with E-state index in [-0.39, 0.29) is 18.9 Å². The fraction of sp³-hybridized carbons (Fsp3) is 1.00. The Labute approximate surface area is 100 Å². The molecule has 1 nitrogen and oxygen atoms in total. The fourth-order valence-electron chi connectivity index (χ4n) is 2.67. The second kappa shape index (κ2) is 6.94. The molecule has 2 saturated carbocycles. The van der Waals surface area contributed by atoms with Crippen LogP contribution < -0.4 is 0 Å². The Kier molecular flexibility index (Phi) is 6.25. The summed E-state index contributed by atoms with van der Waals surface area (Å²) in [7, 11) is 0. The number of ether oxygens (including phenoxy) is 1. The third-order valence-electron chi connectivity index (χ3n) is 3.49. The molecule has 14 heavy (non-hydrogen) atoms. The maximum atomic E-state index is 6.13. The molecule has 0 amide bonds. The number of hydrogen-bond donors (Lipinski definition) is 0. The minimum absolute atomic E-state index is 0. The molecule has 2 fully saturated rings. The molecule has 2 rings (SSSR count). The average Bonchev–Trinajstić information content (AvgIpc) is 2.21. The first-order chi connectivity index (χ1) is 6.45. The van der Waals surface area contributed by atoms with Gasteiger partial charge in [-0.2, -0.15) is 0 Å². The molecule has 1 radical (unpaired) electrons. The van der Waals surface area contributed by atoms with Gasteiger partial charge in [0.2, 0.25) is 0 Å². The van der Waals surface area contributed by atoms with E-state index < -0.39 is 0 Å². The molecule has 0 bridgehead atoms. The predicted octanol–water partition coefficient (Wildman–Crippen LogP) is 3.29. The van der Waals surface area contributed by atoms with Crippen molar-refractivity contribution in [1.29, 1.82) is 0 Å². The molecular weight excluding hydrogens is 167 g/mol. The van der Waals surface area contributed by atoms with Crippen molar-refractivity contribution in [2.75, 3.05) is 0 Å². The Bertz CT molecular complexity index is 121. The third kappa shape index (κ3) is 3.97. The van der Waals surface area contributed by atoms with E-state index in [1.54, 1.807) is 0 Å². The molecule has 0 spiro atoms. The first-order valence-electron chi connectivity index (χ1n) is 6.10. The predicted molar refractivity (Wildman–Crippen MR) is 60.6 cm³/mol. The van der Waals surface area contributed by atoms with Gasteiger partial charge in [0.15, 0.2) is 0 Å². The van der Waals surface area contributed by atoms with Gasteiger partial charge in [0.25, 0.3) is 0 Å². The molecular formula is C12H22LiO. The van der Waals surface area contributed by atoms with Crippen molar-refractivity contribution in [3.8, 4) is 0 Å². The van der Waals surface area contributed by atoms with Crippen LogP contribution in [0.5, 0.6) is 0 Å². The minimum Gasteiger partial charge on any atom is -0.375 e. The maximum absolute atomic E-state index is 6.13. The Morgan fingerprint density at radius 3 is 1.29 bits per heavy atom. The van der Waals surface area contributed by atoms with E-state index in [4.69, 9.17) is 4.74 Å². The summed E-state index contributed by atoms with van der Waals surface area (Å²) in [6.45, 7) is 0. The summed E-state index contributed by atoms with van der Waals surface area (Å²) in [4.78, 5) is 0. The molecule has 2 aliphatic carbocycles. The van der Waals surface area contributed by atoms with Crippen molar-refractivity contribution < 1.29 is 4.74 Å². The molecule has 0 atom stereocenters. The Morgan fingerprint density at radius 2 is 0.929 bits per heavy atom. The minimum atomic E-state index is 0. The van der Waals surface area contributed by atoms with Crippen LogP contribution in [0.2, 0.25) is 0 Å². The molecule has 0 aromatic heterocycles. The molecule has 0 saturated heterocycles. The quantitative estimate of drug-likeness (QED) is 0.606. The second-order valence-electron chi connectivity index (χ2n) is 4.66. The first kappa shape index (κ1) is 12.6. The van der Waals surface area contributed by atoms with Crippen molar-refractivity contribution in [2.24, 2.45) is 0 Å². The Hall–Kier alpha value is 0.557. The monoisotopic (exact) mass is 189 g/mol. The van der Waals surface area contributed by atoms with Crippen molar-refractivity contribution in [3.05, 3.63) is 0 Å². The van der Waals surface area contributed by atoms with E-state index in [9.17, 15) is 0 Å². The van der Waals surface area contributed by atoms with Crippen LogP contribution in [0.4, 0.5) is 0 Å². The topological polar surface area (TPSA) is 9.23 Å².